The standard InChI is InChI=1S/C13H22BrN3O3/c1-4-13(7-18,8-19)16-10-5-15-17(6-9(2)3)12(20)11(10)14/h5,9,16,18-19H,4,6-8H2,1-3H3. The maximum absolute atomic E-state index is 12.2. The monoisotopic (exact) mass is 347 g/mol. The van der Waals surface area contributed by atoms with Crippen LogP contribution in [0.2, 0.25) is 0 Å². The SMILES string of the molecule is CCC(CO)(CO)Nc1cnn(CC(C)C)c(=O)c1Br. The second-order valence-corrected chi connectivity index (χ2v) is 6.12. The first kappa shape index (κ1) is 17.1. The number of aliphatic hydroxyl groups excluding tert-OH is 2. The normalized spacial score (nSPS) is 11.9. The van der Waals surface area contributed by atoms with Crippen LogP contribution >= 0.6 is 15.9 Å². The lowest BCUT2D eigenvalue weighted by molar-refractivity contribution is 0.132. The first-order valence-electron chi connectivity index (χ1n) is 6.64. The molecule has 0 aromatic carbocycles. The second kappa shape index (κ2) is 7.19. The Hall–Kier alpha value is -0.920. The molecular weight excluding hydrogens is 326 g/mol. The van der Waals surface area contributed by atoms with E-state index >= 15 is 0 Å². The summed E-state index contributed by atoms with van der Waals surface area (Å²) in [6.07, 6.45) is 2.05. The fourth-order valence-electron chi connectivity index (χ4n) is 1.75. The number of halogens is 1. The lowest BCUT2D eigenvalue weighted by Crippen LogP contribution is -2.45. The van der Waals surface area contributed by atoms with E-state index in [0.717, 1.165) is 0 Å². The molecule has 1 rings (SSSR count). The average Bonchev–Trinajstić information content (AvgIpc) is 2.43. The molecule has 1 aromatic rings. The van der Waals surface area contributed by atoms with E-state index in [4.69, 9.17) is 0 Å². The topological polar surface area (TPSA) is 87.4 Å². The number of aromatic nitrogens is 2. The number of rotatable bonds is 7. The Kier molecular flexibility index (Phi) is 6.16. The third kappa shape index (κ3) is 3.80. The molecule has 6 nitrogen and oxygen atoms in total. The van der Waals surface area contributed by atoms with Gasteiger partial charge in [-0.3, -0.25) is 4.79 Å². The zero-order chi connectivity index (χ0) is 15.3. The molecule has 0 aliphatic heterocycles. The van der Waals surface area contributed by atoms with Gasteiger partial charge in [0.15, 0.2) is 0 Å². The molecule has 0 atom stereocenters. The van der Waals surface area contributed by atoms with Crippen molar-refractivity contribution in [1.82, 2.24) is 9.78 Å². The van der Waals surface area contributed by atoms with Crippen molar-refractivity contribution >= 4 is 21.6 Å². The molecule has 7 heteroatoms. The molecular formula is C13H22BrN3O3. The molecule has 1 aromatic heterocycles. The van der Waals surface area contributed by atoms with Crippen LogP contribution in [0.25, 0.3) is 0 Å². The quantitative estimate of drug-likeness (QED) is 0.689. The van der Waals surface area contributed by atoms with E-state index in [1.807, 2.05) is 20.8 Å². The summed E-state index contributed by atoms with van der Waals surface area (Å²) < 4.78 is 1.75. The van der Waals surface area contributed by atoms with Gasteiger partial charge in [0.25, 0.3) is 5.56 Å². The van der Waals surface area contributed by atoms with E-state index in [0.29, 0.717) is 29.0 Å². The minimum atomic E-state index is -0.860. The predicted molar refractivity (Wildman–Crippen MR) is 81.9 cm³/mol. The van der Waals surface area contributed by atoms with E-state index in [2.05, 4.69) is 26.3 Å². The first-order chi connectivity index (χ1) is 9.39. The molecule has 0 unspecified atom stereocenters. The molecule has 114 valence electrons. The summed E-state index contributed by atoms with van der Waals surface area (Å²) in [5.74, 6) is 0.315. The third-order valence-electron chi connectivity index (χ3n) is 3.20. The van der Waals surface area contributed by atoms with Crippen LogP contribution in [-0.4, -0.2) is 38.7 Å². The molecule has 0 radical (unpaired) electrons. The molecule has 0 saturated carbocycles. The Morgan fingerprint density at radius 3 is 2.50 bits per heavy atom. The number of nitrogens with one attached hydrogen (secondary N) is 1. The zero-order valence-corrected chi connectivity index (χ0v) is 13.6. The van der Waals surface area contributed by atoms with Crippen molar-refractivity contribution in [1.29, 1.82) is 0 Å². The molecule has 0 bridgehead atoms. The summed E-state index contributed by atoms with van der Waals surface area (Å²) in [6, 6.07) is 0. The fourth-order valence-corrected chi connectivity index (χ4v) is 2.16. The summed E-state index contributed by atoms with van der Waals surface area (Å²) in [5, 5.41) is 26.0. The number of aliphatic hydroxyl groups is 2. The van der Waals surface area contributed by atoms with Gasteiger partial charge in [0.1, 0.15) is 4.47 Å². The zero-order valence-electron chi connectivity index (χ0n) is 12.1. The molecule has 0 amide bonds. The molecule has 0 aliphatic rings. The van der Waals surface area contributed by atoms with Crippen molar-refractivity contribution in [3.63, 3.8) is 0 Å². The number of anilines is 1. The van der Waals surface area contributed by atoms with Gasteiger partial charge in [-0.2, -0.15) is 5.10 Å². The van der Waals surface area contributed by atoms with E-state index in [1.54, 1.807) is 0 Å². The van der Waals surface area contributed by atoms with Crippen molar-refractivity contribution in [2.75, 3.05) is 18.5 Å². The summed E-state index contributed by atoms with van der Waals surface area (Å²) in [5.41, 5.74) is -0.620. The third-order valence-corrected chi connectivity index (χ3v) is 3.97. The summed E-state index contributed by atoms with van der Waals surface area (Å²) in [4.78, 5) is 12.2. The number of nitrogens with zero attached hydrogens (tertiary/aromatic N) is 2. The minimum absolute atomic E-state index is 0.232. The summed E-state index contributed by atoms with van der Waals surface area (Å²) in [7, 11) is 0. The van der Waals surface area contributed by atoms with E-state index in [-0.39, 0.29) is 18.8 Å². The van der Waals surface area contributed by atoms with Gasteiger partial charge in [-0.25, -0.2) is 4.68 Å². The van der Waals surface area contributed by atoms with Gasteiger partial charge in [-0.05, 0) is 28.3 Å². The van der Waals surface area contributed by atoms with Gasteiger partial charge in [-0.15, -0.1) is 0 Å². The lowest BCUT2D eigenvalue weighted by Gasteiger charge is -2.31. The lowest BCUT2D eigenvalue weighted by atomic mass is 9.98. The maximum atomic E-state index is 12.2. The van der Waals surface area contributed by atoms with Gasteiger partial charge < -0.3 is 15.5 Å². The van der Waals surface area contributed by atoms with Crippen molar-refractivity contribution in [2.24, 2.45) is 5.92 Å². The van der Waals surface area contributed by atoms with Crippen molar-refractivity contribution < 1.29 is 10.2 Å². The highest BCUT2D eigenvalue weighted by Gasteiger charge is 2.27. The maximum Gasteiger partial charge on any atom is 0.283 e. The smallest absolute Gasteiger partial charge is 0.283 e. The fraction of sp³-hybridized carbons (Fsp3) is 0.692. The number of hydrogen-bond donors (Lipinski definition) is 3. The van der Waals surface area contributed by atoms with Crippen LogP contribution in [0, 0.1) is 5.92 Å². The van der Waals surface area contributed by atoms with Gasteiger partial charge in [-0.1, -0.05) is 20.8 Å². The van der Waals surface area contributed by atoms with Gasteiger partial charge in [0.05, 0.1) is 30.6 Å². The van der Waals surface area contributed by atoms with E-state index in [9.17, 15) is 15.0 Å². The highest BCUT2D eigenvalue weighted by atomic mass is 79.9. The van der Waals surface area contributed by atoms with Crippen molar-refractivity contribution in [3.05, 3.63) is 21.0 Å². The minimum Gasteiger partial charge on any atom is -0.394 e. The molecule has 0 spiro atoms. The van der Waals surface area contributed by atoms with Crippen LogP contribution in [0.15, 0.2) is 15.5 Å². The Morgan fingerprint density at radius 2 is 2.05 bits per heavy atom. The van der Waals surface area contributed by atoms with Gasteiger partial charge >= 0.3 is 0 Å². The Labute approximate surface area is 127 Å². The van der Waals surface area contributed by atoms with Crippen LogP contribution in [0.3, 0.4) is 0 Å². The largest absolute Gasteiger partial charge is 0.394 e. The average molecular weight is 348 g/mol. The van der Waals surface area contributed by atoms with Gasteiger partial charge in [0.2, 0.25) is 0 Å². The van der Waals surface area contributed by atoms with Crippen LogP contribution in [0.5, 0.6) is 0 Å². The second-order valence-electron chi connectivity index (χ2n) is 5.33. The Bertz CT molecular complexity index is 490. The predicted octanol–water partition coefficient (Wildman–Crippen LogP) is 1.21. The van der Waals surface area contributed by atoms with Gasteiger partial charge in [0, 0.05) is 6.54 Å². The first-order valence-corrected chi connectivity index (χ1v) is 7.44. The highest BCUT2D eigenvalue weighted by Crippen LogP contribution is 2.23. The summed E-state index contributed by atoms with van der Waals surface area (Å²) in [6.45, 7) is 5.93. The Balaban J connectivity index is 3.10. The molecule has 3 N–H and O–H groups in total. The molecule has 1 heterocycles. The van der Waals surface area contributed by atoms with Crippen molar-refractivity contribution in [3.8, 4) is 0 Å². The van der Waals surface area contributed by atoms with Crippen molar-refractivity contribution in [2.45, 2.75) is 39.3 Å². The van der Waals surface area contributed by atoms with E-state index < -0.39 is 5.54 Å². The van der Waals surface area contributed by atoms with Crippen LogP contribution < -0.4 is 10.9 Å². The Morgan fingerprint density at radius 1 is 1.45 bits per heavy atom. The molecule has 20 heavy (non-hydrogen) atoms. The molecule has 0 saturated heterocycles. The highest BCUT2D eigenvalue weighted by molar-refractivity contribution is 9.10. The van der Waals surface area contributed by atoms with E-state index in [1.165, 1.54) is 10.9 Å². The van der Waals surface area contributed by atoms with Crippen LogP contribution in [0.4, 0.5) is 5.69 Å². The number of hydrogen-bond acceptors (Lipinski definition) is 5. The van der Waals surface area contributed by atoms with Crippen LogP contribution in [0.1, 0.15) is 27.2 Å². The van der Waals surface area contributed by atoms with Crippen LogP contribution in [-0.2, 0) is 6.54 Å². The molecule has 0 aliphatic carbocycles. The summed E-state index contributed by atoms with van der Waals surface area (Å²) >= 11 is 3.26. The molecule has 0 fully saturated rings.